The average molecular weight is 255 g/mol. The van der Waals surface area contributed by atoms with E-state index in [0.717, 1.165) is 11.3 Å². The Hall–Kier alpha value is -2.63. The predicted molar refractivity (Wildman–Crippen MR) is 71.0 cm³/mol. The average Bonchev–Trinajstić information content (AvgIpc) is 2.67. The molecule has 0 spiro atoms. The molecule has 2 N–H and O–H groups in total. The van der Waals surface area contributed by atoms with Gasteiger partial charge in [-0.15, -0.1) is 10.2 Å². The van der Waals surface area contributed by atoms with Crippen molar-refractivity contribution < 1.29 is 4.79 Å². The minimum absolute atomic E-state index is 0.196. The van der Waals surface area contributed by atoms with Gasteiger partial charge in [-0.3, -0.25) is 10.2 Å². The second-order valence-electron chi connectivity index (χ2n) is 4.37. The largest absolute Gasteiger partial charge is 0.327 e. The summed E-state index contributed by atoms with van der Waals surface area (Å²) >= 11 is 0. The van der Waals surface area contributed by atoms with Crippen molar-refractivity contribution in [3.05, 3.63) is 53.5 Å². The predicted octanol–water partition coefficient (Wildman–Crippen LogP) is 1.27. The highest BCUT2D eigenvalue weighted by Gasteiger charge is 2.17. The van der Waals surface area contributed by atoms with E-state index < -0.39 is 0 Å². The van der Waals surface area contributed by atoms with Crippen LogP contribution in [0.5, 0.6) is 0 Å². The van der Waals surface area contributed by atoms with Gasteiger partial charge in [0.2, 0.25) is 5.95 Å². The summed E-state index contributed by atoms with van der Waals surface area (Å²) in [5, 5.41) is 11.2. The summed E-state index contributed by atoms with van der Waals surface area (Å²) in [7, 11) is 0. The van der Waals surface area contributed by atoms with E-state index in [1.165, 1.54) is 6.08 Å². The van der Waals surface area contributed by atoms with E-state index in [9.17, 15) is 4.79 Å². The first-order valence-corrected chi connectivity index (χ1v) is 5.97. The fraction of sp³-hybridized carbons (Fsp3) is 0.154. The lowest BCUT2D eigenvalue weighted by molar-refractivity contribution is -0.112. The number of benzene rings is 1. The SMILES string of the molecule is CC1=CC(=O)Nn2c(Cc3ccccc3)nnc2N1. The third-order valence-corrected chi connectivity index (χ3v) is 2.81. The molecule has 0 atom stereocenters. The lowest BCUT2D eigenvalue weighted by atomic mass is 10.1. The van der Waals surface area contributed by atoms with E-state index in [0.29, 0.717) is 18.2 Å². The van der Waals surface area contributed by atoms with Gasteiger partial charge in [0.15, 0.2) is 5.82 Å². The zero-order valence-electron chi connectivity index (χ0n) is 10.4. The van der Waals surface area contributed by atoms with Crippen LogP contribution in [0.3, 0.4) is 0 Å². The summed E-state index contributed by atoms with van der Waals surface area (Å²) in [5.41, 5.74) is 4.58. The fourth-order valence-electron chi connectivity index (χ4n) is 1.96. The van der Waals surface area contributed by atoms with E-state index in [1.807, 2.05) is 30.3 Å². The summed E-state index contributed by atoms with van der Waals surface area (Å²) in [6.45, 7) is 1.81. The molecular formula is C13H13N5O. The molecule has 0 aliphatic carbocycles. The second kappa shape index (κ2) is 4.56. The number of amides is 1. The number of anilines is 1. The van der Waals surface area contributed by atoms with Crippen molar-refractivity contribution in [3.63, 3.8) is 0 Å². The highest BCUT2D eigenvalue weighted by Crippen LogP contribution is 2.14. The zero-order valence-corrected chi connectivity index (χ0v) is 10.4. The maximum atomic E-state index is 11.7. The lowest BCUT2D eigenvalue weighted by Crippen LogP contribution is -2.22. The number of nitrogens with one attached hydrogen (secondary N) is 2. The minimum atomic E-state index is -0.196. The van der Waals surface area contributed by atoms with Gasteiger partial charge in [0.1, 0.15) is 0 Å². The molecule has 0 unspecified atom stereocenters. The summed E-state index contributed by atoms with van der Waals surface area (Å²) in [5.74, 6) is 1.01. The smallest absolute Gasteiger partial charge is 0.264 e. The quantitative estimate of drug-likeness (QED) is 0.847. The molecule has 1 amide bonds. The molecule has 1 aromatic heterocycles. The van der Waals surface area contributed by atoms with Crippen LogP contribution in [0.2, 0.25) is 0 Å². The Morgan fingerprint density at radius 3 is 2.79 bits per heavy atom. The van der Waals surface area contributed by atoms with Gasteiger partial charge in [-0.2, -0.15) is 0 Å². The van der Waals surface area contributed by atoms with Crippen LogP contribution in [0.4, 0.5) is 5.95 Å². The van der Waals surface area contributed by atoms with E-state index >= 15 is 0 Å². The number of rotatable bonds is 2. The second-order valence-corrected chi connectivity index (χ2v) is 4.37. The first kappa shape index (κ1) is 11.5. The topological polar surface area (TPSA) is 71.8 Å². The minimum Gasteiger partial charge on any atom is -0.327 e. The third-order valence-electron chi connectivity index (χ3n) is 2.81. The molecule has 96 valence electrons. The Bertz CT molecular complexity index is 644. The molecule has 0 saturated carbocycles. The van der Waals surface area contributed by atoms with Crippen LogP contribution in [-0.2, 0) is 11.2 Å². The van der Waals surface area contributed by atoms with E-state index in [4.69, 9.17) is 0 Å². The molecule has 2 aromatic rings. The number of fused-ring (bicyclic) bond motifs is 1. The standard InChI is InChI=1S/C13H13N5O/c1-9-7-12(19)17-18-11(15-16-13(18)14-9)8-10-5-3-2-4-6-10/h2-7H,8H2,1H3,(H,14,16)(H,17,19). The van der Waals surface area contributed by atoms with Gasteiger partial charge in [-0.1, -0.05) is 30.3 Å². The highest BCUT2D eigenvalue weighted by molar-refractivity contribution is 5.95. The Morgan fingerprint density at radius 2 is 2.00 bits per heavy atom. The van der Waals surface area contributed by atoms with Crippen molar-refractivity contribution in [1.82, 2.24) is 14.9 Å². The normalized spacial score (nSPS) is 13.9. The molecule has 3 rings (SSSR count). The number of nitrogens with zero attached hydrogens (tertiary/aromatic N) is 3. The lowest BCUT2D eigenvalue weighted by Gasteiger charge is -2.08. The maximum Gasteiger partial charge on any atom is 0.264 e. The number of aromatic nitrogens is 3. The number of carbonyl (C=O) groups excluding carboxylic acids is 1. The van der Waals surface area contributed by atoms with Crippen molar-refractivity contribution in [2.75, 3.05) is 10.7 Å². The van der Waals surface area contributed by atoms with Crippen LogP contribution in [0.1, 0.15) is 18.3 Å². The van der Waals surface area contributed by atoms with Crippen molar-refractivity contribution in [2.24, 2.45) is 0 Å². The maximum absolute atomic E-state index is 11.7. The highest BCUT2D eigenvalue weighted by atomic mass is 16.2. The molecule has 0 saturated heterocycles. The Kier molecular flexibility index (Phi) is 2.75. The van der Waals surface area contributed by atoms with Gasteiger partial charge >= 0.3 is 0 Å². The Balaban J connectivity index is 1.92. The van der Waals surface area contributed by atoms with Gasteiger partial charge in [0, 0.05) is 18.2 Å². The number of hydrogen-bond donors (Lipinski definition) is 2. The van der Waals surface area contributed by atoms with E-state index in [-0.39, 0.29) is 5.91 Å². The third kappa shape index (κ3) is 2.33. The van der Waals surface area contributed by atoms with Gasteiger partial charge in [0.05, 0.1) is 0 Å². The van der Waals surface area contributed by atoms with Crippen LogP contribution in [0, 0.1) is 0 Å². The molecule has 1 aromatic carbocycles. The molecule has 1 aliphatic heterocycles. The number of carbonyl (C=O) groups is 1. The molecular weight excluding hydrogens is 242 g/mol. The Labute approximate surface area is 110 Å². The molecule has 2 heterocycles. The van der Waals surface area contributed by atoms with Crippen LogP contribution in [-0.4, -0.2) is 20.8 Å². The van der Waals surface area contributed by atoms with Crippen molar-refractivity contribution in [1.29, 1.82) is 0 Å². The summed E-state index contributed by atoms with van der Waals surface area (Å²) in [6.07, 6.45) is 2.09. The van der Waals surface area contributed by atoms with Crippen molar-refractivity contribution in [3.8, 4) is 0 Å². The van der Waals surface area contributed by atoms with Crippen LogP contribution < -0.4 is 10.7 Å². The summed E-state index contributed by atoms with van der Waals surface area (Å²) in [4.78, 5) is 11.7. The monoisotopic (exact) mass is 255 g/mol. The van der Waals surface area contributed by atoms with Crippen LogP contribution >= 0.6 is 0 Å². The van der Waals surface area contributed by atoms with Crippen LogP contribution in [0.15, 0.2) is 42.1 Å². The zero-order chi connectivity index (χ0) is 13.2. The molecule has 6 heteroatoms. The van der Waals surface area contributed by atoms with Crippen molar-refractivity contribution in [2.45, 2.75) is 13.3 Å². The van der Waals surface area contributed by atoms with Crippen molar-refractivity contribution >= 4 is 11.9 Å². The molecule has 0 bridgehead atoms. The van der Waals surface area contributed by atoms with Gasteiger partial charge in [0.25, 0.3) is 5.91 Å². The van der Waals surface area contributed by atoms with E-state index in [1.54, 1.807) is 11.6 Å². The van der Waals surface area contributed by atoms with Crippen LogP contribution in [0.25, 0.3) is 0 Å². The molecule has 0 radical (unpaired) electrons. The van der Waals surface area contributed by atoms with Gasteiger partial charge in [-0.05, 0) is 12.5 Å². The fourth-order valence-corrected chi connectivity index (χ4v) is 1.96. The molecule has 6 nitrogen and oxygen atoms in total. The first-order valence-electron chi connectivity index (χ1n) is 5.97. The summed E-state index contributed by atoms with van der Waals surface area (Å²) < 4.78 is 1.59. The number of hydrogen-bond acceptors (Lipinski definition) is 4. The van der Waals surface area contributed by atoms with Gasteiger partial charge in [-0.25, -0.2) is 4.68 Å². The number of allylic oxidation sites excluding steroid dienone is 1. The summed E-state index contributed by atoms with van der Waals surface area (Å²) in [6, 6.07) is 9.92. The Morgan fingerprint density at radius 1 is 1.21 bits per heavy atom. The first-order chi connectivity index (χ1) is 9.22. The molecule has 1 aliphatic rings. The molecule has 0 fully saturated rings. The van der Waals surface area contributed by atoms with E-state index in [2.05, 4.69) is 20.9 Å². The molecule has 19 heavy (non-hydrogen) atoms. The van der Waals surface area contributed by atoms with Gasteiger partial charge < -0.3 is 5.32 Å².